The van der Waals surface area contributed by atoms with E-state index in [4.69, 9.17) is 0 Å². The van der Waals surface area contributed by atoms with E-state index in [1.807, 2.05) is 49.1 Å². The highest BCUT2D eigenvalue weighted by molar-refractivity contribution is 7.17. The van der Waals surface area contributed by atoms with Gasteiger partial charge in [0.25, 0.3) is 0 Å². The summed E-state index contributed by atoms with van der Waals surface area (Å²) in [6.07, 6.45) is 4.06. The van der Waals surface area contributed by atoms with Crippen LogP contribution in [0.4, 0.5) is 5.00 Å². The number of benzene rings is 1. The third-order valence-electron chi connectivity index (χ3n) is 6.23. The fourth-order valence-corrected chi connectivity index (χ4v) is 5.79. The van der Waals surface area contributed by atoms with E-state index in [0.29, 0.717) is 42.3 Å². The van der Waals surface area contributed by atoms with Gasteiger partial charge in [0.1, 0.15) is 5.00 Å². The summed E-state index contributed by atoms with van der Waals surface area (Å²) >= 11 is 1.56. The van der Waals surface area contributed by atoms with Crippen LogP contribution in [0, 0.1) is 5.92 Å². The number of ketones is 1. The fraction of sp³-hybridized carbons (Fsp3) is 0.480. The summed E-state index contributed by atoms with van der Waals surface area (Å²) in [5, 5.41) is 3.74. The van der Waals surface area contributed by atoms with E-state index in [9.17, 15) is 14.4 Å². The molecule has 4 rings (SSSR count). The number of carbonyl (C=O) groups is 3. The minimum absolute atomic E-state index is 0.00437. The van der Waals surface area contributed by atoms with E-state index < -0.39 is 0 Å². The number of carbonyl (C=O) groups excluding carboxylic acids is 3. The predicted octanol–water partition coefficient (Wildman–Crippen LogP) is 3.60. The molecule has 32 heavy (non-hydrogen) atoms. The van der Waals surface area contributed by atoms with E-state index >= 15 is 0 Å². The van der Waals surface area contributed by atoms with Crippen LogP contribution in [0.1, 0.15) is 53.1 Å². The first-order chi connectivity index (χ1) is 15.4. The SMILES string of the molecule is CC(C)C(=O)N1CCN(CC(=O)Nc2sc3c(c2C(=O)c2ccccc2)CCCC3)CC1. The number of rotatable bonds is 6. The molecule has 1 aromatic heterocycles. The number of aryl methyl sites for hydroxylation is 1. The first kappa shape index (κ1) is 22.7. The van der Waals surface area contributed by atoms with Crippen LogP contribution >= 0.6 is 11.3 Å². The molecular weight excluding hydrogens is 422 g/mol. The van der Waals surface area contributed by atoms with Gasteiger partial charge in [-0.05, 0) is 31.2 Å². The van der Waals surface area contributed by atoms with Crippen molar-refractivity contribution in [2.75, 3.05) is 38.0 Å². The Balaban J connectivity index is 1.45. The number of piperazine rings is 1. The lowest BCUT2D eigenvalue weighted by atomic mass is 9.92. The fourth-order valence-electron chi connectivity index (χ4n) is 4.49. The Hall–Kier alpha value is -2.51. The molecule has 7 heteroatoms. The van der Waals surface area contributed by atoms with Crippen LogP contribution in [-0.2, 0) is 22.4 Å². The summed E-state index contributed by atoms with van der Waals surface area (Å²) in [5.41, 5.74) is 2.45. The first-order valence-corrected chi connectivity index (χ1v) is 12.3. The van der Waals surface area contributed by atoms with Gasteiger partial charge < -0.3 is 10.2 Å². The Kier molecular flexibility index (Phi) is 7.06. The monoisotopic (exact) mass is 453 g/mol. The summed E-state index contributed by atoms with van der Waals surface area (Å²) in [6.45, 7) is 6.76. The van der Waals surface area contributed by atoms with Crippen LogP contribution in [0.15, 0.2) is 30.3 Å². The number of nitrogens with one attached hydrogen (secondary N) is 1. The quantitative estimate of drug-likeness (QED) is 0.679. The Morgan fingerprint density at radius 1 is 1.00 bits per heavy atom. The maximum absolute atomic E-state index is 13.3. The highest BCUT2D eigenvalue weighted by Gasteiger charge is 2.28. The molecule has 1 aromatic carbocycles. The largest absolute Gasteiger partial charge is 0.340 e. The molecule has 0 radical (unpaired) electrons. The molecule has 2 amide bonds. The second-order valence-corrected chi connectivity index (χ2v) is 10.0. The van der Waals surface area contributed by atoms with E-state index in [1.165, 1.54) is 4.88 Å². The highest BCUT2D eigenvalue weighted by atomic mass is 32.1. The number of thiophene rings is 1. The predicted molar refractivity (Wildman–Crippen MR) is 127 cm³/mol. The third kappa shape index (κ3) is 4.94. The number of amides is 2. The van der Waals surface area contributed by atoms with E-state index in [0.717, 1.165) is 31.2 Å². The van der Waals surface area contributed by atoms with Gasteiger partial charge in [-0.15, -0.1) is 11.3 Å². The van der Waals surface area contributed by atoms with Gasteiger partial charge in [0.05, 0.1) is 12.1 Å². The molecule has 1 fully saturated rings. The standard InChI is InChI=1S/C25H31N3O3S/c1-17(2)25(31)28-14-12-27(13-15-28)16-21(29)26-24-22(19-10-6-7-11-20(19)32-24)23(30)18-8-4-3-5-9-18/h3-5,8-9,17H,6-7,10-16H2,1-2H3,(H,26,29). The van der Waals surface area contributed by atoms with Crippen molar-refractivity contribution < 1.29 is 14.4 Å². The molecule has 6 nitrogen and oxygen atoms in total. The number of fused-ring (bicyclic) bond motifs is 1. The number of hydrogen-bond donors (Lipinski definition) is 1. The topological polar surface area (TPSA) is 69.7 Å². The second kappa shape index (κ2) is 9.96. The lowest BCUT2D eigenvalue weighted by Gasteiger charge is -2.35. The van der Waals surface area contributed by atoms with Gasteiger partial charge in [-0.3, -0.25) is 19.3 Å². The highest BCUT2D eigenvalue weighted by Crippen LogP contribution is 2.39. The Bertz CT molecular complexity index is 991. The van der Waals surface area contributed by atoms with Crippen molar-refractivity contribution in [1.29, 1.82) is 0 Å². The van der Waals surface area contributed by atoms with Crippen molar-refractivity contribution in [2.45, 2.75) is 39.5 Å². The van der Waals surface area contributed by atoms with Crippen LogP contribution < -0.4 is 5.32 Å². The van der Waals surface area contributed by atoms with Crippen LogP contribution in [0.5, 0.6) is 0 Å². The molecule has 2 heterocycles. The van der Waals surface area contributed by atoms with Crippen molar-refractivity contribution in [3.05, 3.63) is 51.9 Å². The van der Waals surface area contributed by atoms with Crippen LogP contribution in [0.2, 0.25) is 0 Å². The number of anilines is 1. The molecule has 0 spiro atoms. The molecule has 1 aliphatic carbocycles. The summed E-state index contributed by atoms with van der Waals surface area (Å²) in [4.78, 5) is 43.6. The smallest absolute Gasteiger partial charge is 0.239 e. The van der Waals surface area contributed by atoms with Crippen molar-refractivity contribution >= 4 is 33.9 Å². The molecule has 170 valence electrons. The molecule has 1 N–H and O–H groups in total. The average molecular weight is 454 g/mol. The second-order valence-electron chi connectivity index (χ2n) is 8.91. The Labute approximate surface area is 193 Å². The van der Waals surface area contributed by atoms with Gasteiger partial charge in [0.2, 0.25) is 11.8 Å². The van der Waals surface area contributed by atoms with Crippen molar-refractivity contribution in [2.24, 2.45) is 5.92 Å². The van der Waals surface area contributed by atoms with Crippen molar-refractivity contribution in [3.8, 4) is 0 Å². The van der Waals surface area contributed by atoms with Gasteiger partial charge in [-0.2, -0.15) is 0 Å². The van der Waals surface area contributed by atoms with Gasteiger partial charge in [0, 0.05) is 42.5 Å². The van der Waals surface area contributed by atoms with Crippen LogP contribution in [0.3, 0.4) is 0 Å². The molecule has 2 aromatic rings. The maximum Gasteiger partial charge on any atom is 0.239 e. The molecule has 1 aliphatic heterocycles. The minimum Gasteiger partial charge on any atom is -0.340 e. The van der Waals surface area contributed by atoms with Crippen LogP contribution in [0.25, 0.3) is 0 Å². The molecule has 0 bridgehead atoms. The molecule has 0 unspecified atom stereocenters. The molecule has 1 saturated heterocycles. The lowest BCUT2D eigenvalue weighted by molar-refractivity contribution is -0.136. The van der Waals surface area contributed by atoms with Gasteiger partial charge in [-0.1, -0.05) is 44.2 Å². The Morgan fingerprint density at radius 2 is 1.69 bits per heavy atom. The summed E-state index contributed by atoms with van der Waals surface area (Å²) in [7, 11) is 0. The van der Waals surface area contributed by atoms with E-state index in [-0.39, 0.29) is 30.1 Å². The minimum atomic E-state index is -0.102. The third-order valence-corrected chi connectivity index (χ3v) is 7.44. The molecule has 2 aliphatic rings. The van der Waals surface area contributed by atoms with Crippen LogP contribution in [-0.4, -0.2) is 60.1 Å². The molecular formula is C25H31N3O3S. The normalized spacial score (nSPS) is 16.7. The van der Waals surface area contributed by atoms with Gasteiger partial charge in [0.15, 0.2) is 5.78 Å². The molecule has 0 saturated carbocycles. The lowest BCUT2D eigenvalue weighted by Crippen LogP contribution is -2.51. The molecule has 0 atom stereocenters. The zero-order chi connectivity index (χ0) is 22.7. The van der Waals surface area contributed by atoms with E-state index in [1.54, 1.807) is 11.3 Å². The van der Waals surface area contributed by atoms with Gasteiger partial charge in [-0.25, -0.2) is 0 Å². The number of hydrogen-bond acceptors (Lipinski definition) is 5. The summed E-state index contributed by atoms with van der Waals surface area (Å²) < 4.78 is 0. The zero-order valence-corrected chi connectivity index (χ0v) is 19.7. The van der Waals surface area contributed by atoms with E-state index in [2.05, 4.69) is 10.2 Å². The number of nitrogens with zero attached hydrogens (tertiary/aromatic N) is 2. The summed E-state index contributed by atoms with van der Waals surface area (Å²) in [5.74, 6) is 0.0491. The first-order valence-electron chi connectivity index (χ1n) is 11.5. The maximum atomic E-state index is 13.3. The summed E-state index contributed by atoms with van der Waals surface area (Å²) in [6, 6.07) is 9.30. The Morgan fingerprint density at radius 3 is 2.38 bits per heavy atom. The van der Waals surface area contributed by atoms with Crippen molar-refractivity contribution in [3.63, 3.8) is 0 Å². The zero-order valence-electron chi connectivity index (χ0n) is 18.9. The van der Waals surface area contributed by atoms with Crippen molar-refractivity contribution in [1.82, 2.24) is 9.80 Å². The average Bonchev–Trinajstić information content (AvgIpc) is 3.16. The van der Waals surface area contributed by atoms with Gasteiger partial charge >= 0.3 is 0 Å².